The zero-order valence-electron chi connectivity index (χ0n) is 10.0. The molecule has 1 aromatic heterocycles. The molecule has 0 saturated carbocycles. The maximum absolute atomic E-state index is 11.5. The molecule has 0 aliphatic carbocycles. The van der Waals surface area contributed by atoms with Crippen LogP contribution in [0.25, 0.3) is 0 Å². The molecule has 4 N–H and O–H groups in total. The van der Waals surface area contributed by atoms with Gasteiger partial charge in [-0.25, -0.2) is 4.98 Å². The lowest BCUT2D eigenvalue weighted by molar-refractivity contribution is -0.119. The summed E-state index contributed by atoms with van der Waals surface area (Å²) < 4.78 is 0. The van der Waals surface area contributed by atoms with Crippen LogP contribution in [0, 0.1) is 0 Å². The largest absolute Gasteiger partial charge is 0.389 e. The third-order valence-corrected chi connectivity index (χ3v) is 3.38. The Morgan fingerprint density at radius 2 is 2.22 bits per heavy atom. The number of thiocarbonyl (C=S) groups is 1. The number of aromatic nitrogens is 1. The first-order chi connectivity index (χ1) is 8.61. The van der Waals surface area contributed by atoms with E-state index in [-0.39, 0.29) is 16.9 Å². The third kappa shape index (κ3) is 2.43. The van der Waals surface area contributed by atoms with E-state index in [9.17, 15) is 4.79 Å². The highest BCUT2D eigenvalue weighted by molar-refractivity contribution is 7.80. The highest BCUT2D eigenvalue weighted by Crippen LogP contribution is 2.25. The summed E-state index contributed by atoms with van der Waals surface area (Å²) in [5.41, 5.74) is 11.8. The molecule has 1 aliphatic rings. The lowest BCUT2D eigenvalue weighted by atomic mass is 10.0. The fraction of sp³-hybridized carbons (Fsp3) is 0.417. The van der Waals surface area contributed by atoms with Crippen LogP contribution in [0.4, 0.5) is 5.82 Å². The quantitative estimate of drug-likeness (QED) is 0.779. The Bertz CT molecular complexity index is 477. The van der Waals surface area contributed by atoms with Crippen LogP contribution in [-0.4, -0.2) is 28.5 Å². The summed E-state index contributed by atoms with van der Waals surface area (Å²) in [6.45, 7) is 0.750. The molecule has 1 atom stereocenters. The molecule has 0 radical (unpaired) electrons. The van der Waals surface area contributed by atoms with Crippen LogP contribution < -0.4 is 16.4 Å². The number of piperidine rings is 1. The minimum absolute atomic E-state index is 0.284. The van der Waals surface area contributed by atoms with Gasteiger partial charge in [0.1, 0.15) is 16.8 Å². The number of pyridine rings is 1. The summed E-state index contributed by atoms with van der Waals surface area (Å²) in [5.74, 6) is 0.336. The van der Waals surface area contributed by atoms with Crippen LogP contribution in [0.2, 0.25) is 0 Å². The molecule has 6 heteroatoms. The summed E-state index contributed by atoms with van der Waals surface area (Å²) in [6.07, 6.45) is 4.43. The van der Waals surface area contributed by atoms with Crippen molar-refractivity contribution in [1.82, 2.24) is 4.98 Å². The molecule has 5 nitrogen and oxygen atoms in total. The van der Waals surface area contributed by atoms with E-state index in [1.54, 1.807) is 12.3 Å². The summed E-state index contributed by atoms with van der Waals surface area (Å²) >= 11 is 5.02. The number of carbonyl (C=O) groups is 1. The molecule has 18 heavy (non-hydrogen) atoms. The number of hydrogen-bond donors (Lipinski definition) is 2. The van der Waals surface area contributed by atoms with Gasteiger partial charge in [0.05, 0.1) is 5.56 Å². The summed E-state index contributed by atoms with van der Waals surface area (Å²) in [6, 6.07) is 3.28. The molecule has 96 valence electrons. The van der Waals surface area contributed by atoms with Crippen molar-refractivity contribution in [2.45, 2.75) is 25.3 Å². The van der Waals surface area contributed by atoms with Gasteiger partial charge in [0, 0.05) is 12.7 Å². The second-order valence-corrected chi connectivity index (χ2v) is 4.79. The summed E-state index contributed by atoms with van der Waals surface area (Å²) in [5, 5.41) is 0. The van der Waals surface area contributed by atoms with E-state index >= 15 is 0 Å². The zero-order valence-corrected chi connectivity index (χ0v) is 10.8. The molecule has 1 saturated heterocycles. The molecule has 0 aromatic carbocycles. The number of anilines is 1. The Hall–Kier alpha value is -1.69. The van der Waals surface area contributed by atoms with Gasteiger partial charge in [-0.15, -0.1) is 0 Å². The monoisotopic (exact) mass is 264 g/mol. The molecule has 1 unspecified atom stereocenters. The number of nitrogens with two attached hydrogens (primary N) is 2. The first kappa shape index (κ1) is 12.8. The maximum Gasteiger partial charge on any atom is 0.240 e. The Morgan fingerprint density at radius 3 is 2.89 bits per heavy atom. The first-order valence-corrected chi connectivity index (χ1v) is 6.33. The fourth-order valence-electron chi connectivity index (χ4n) is 2.30. The maximum atomic E-state index is 11.5. The second kappa shape index (κ2) is 5.30. The van der Waals surface area contributed by atoms with Gasteiger partial charge in [0.15, 0.2) is 0 Å². The smallest absolute Gasteiger partial charge is 0.240 e. The lowest BCUT2D eigenvalue weighted by Crippen LogP contribution is -2.48. The van der Waals surface area contributed by atoms with Gasteiger partial charge in [-0.2, -0.15) is 0 Å². The zero-order chi connectivity index (χ0) is 13.1. The van der Waals surface area contributed by atoms with Crippen molar-refractivity contribution >= 4 is 28.9 Å². The van der Waals surface area contributed by atoms with E-state index in [1.807, 2.05) is 11.0 Å². The Morgan fingerprint density at radius 1 is 1.44 bits per heavy atom. The minimum atomic E-state index is -0.325. The molecule has 0 spiro atoms. The standard InChI is InChI=1S/C12H16N4OS/c13-10(17)9-5-1-2-7-16(9)12-8(11(14)18)4-3-6-15-12/h3-4,6,9H,1-2,5,7H2,(H2,13,17)(H2,14,18). The number of primary amides is 1. The van der Waals surface area contributed by atoms with E-state index < -0.39 is 0 Å². The SMILES string of the molecule is NC(=O)C1CCCCN1c1ncccc1C(N)=S. The molecular formula is C12H16N4OS. The topological polar surface area (TPSA) is 85.2 Å². The van der Waals surface area contributed by atoms with Gasteiger partial charge >= 0.3 is 0 Å². The van der Waals surface area contributed by atoms with Crippen LogP contribution in [0.3, 0.4) is 0 Å². The number of hydrogen-bond acceptors (Lipinski definition) is 4. The lowest BCUT2D eigenvalue weighted by Gasteiger charge is -2.35. The highest BCUT2D eigenvalue weighted by Gasteiger charge is 2.29. The van der Waals surface area contributed by atoms with Crippen LogP contribution in [0.5, 0.6) is 0 Å². The molecule has 2 rings (SSSR count). The van der Waals surface area contributed by atoms with Crippen molar-refractivity contribution in [3.8, 4) is 0 Å². The van der Waals surface area contributed by atoms with Crippen molar-refractivity contribution in [2.24, 2.45) is 11.5 Å². The first-order valence-electron chi connectivity index (χ1n) is 5.92. The molecule has 1 aliphatic heterocycles. The van der Waals surface area contributed by atoms with Gasteiger partial charge < -0.3 is 16.4 Å². The fourth-order valence-corrected chi connectivity index (χ4v) is 2.46. The Kier molecular flexibility index (Phi) is 3.76. The molecule has 0 bridgehead atoms. The van der Waals surface area contributed by atoms with Gasteiger partial charge in [-0.3, -0.25) is 4.79 Å². The van der Waals surface area contributed by atoms with E-state index in [2.05, 4.69) is 4.98 Å². The van der Waals surface area contributed by atoms with Crippen molar-refractivity contribution in [3.05, 3.63) is 23.9 Å². The average molecular weight is 264 g/mol. The molecule has 2 heterocycles. The molecule has 1 fully saturated rings. The molecule has 1 aromatic rings. The van der Waals surface area contributed by atoms with E-state index in [1.165, 1.54) is 0 Å². The van der Waals surface area contributed by atoms with Crippen LogP contribution in [0.15, 0.2) is 18.3 Å². The summed E-state index contributed by atoms with van der Waals surface area (Å²) in [4.78, 5) is 18.0. The number of rotatable bonds is 3. The third-order valence-electron chi connectivity index (χ3n) is 3.16. The van der Waals surface area contributed by atoms with E-state index in [0.717, 1.165) is 25.8 Å². The normalized spacial score (nSPS) is 19.6. The number of amides is 1. The van der Waals surface area contributed by atoms with E-state index in [4.69, 9.17) is 23.7 Å². The van der Waals surface area contributed by atoms with E-state index in [0.29, 0.717) is 11.4 Å². The van der Waals surface area contributed by atoms with Crippen LogP contribution >= 0.6 is 12.2 Å². The van der Waals surface area contributed by atoms with Crippen LogP contribution in [0.1, 0.15) is 24.8 Å². The highest BCUT2D eigenvalue weighted by atomic mass is 32.1. The molecular weight excluding hydrogens is 248 g/mol. The van der Waals surface area contributed by atoms with Gasteiger partial charge in [0.2, 0.25) is 5.91 Å². The van der Waals surface area contributed by atoms with Gasteiger partial charge in [-0.05, 0) is 31.4 Å². The van der Waals surface area contributed by atoms with Gasteiger partial charge in [0.25, 0.3) is 0 Å². The number of carbonyl (C=O) groups excluding carboxylic acids is 1. The number of nitrogens with zero attached hydrogens (tertiary/aromatic N) is 2. The van der Waals surface area contributed by atoms with Crippen molar-refractivity contribution in [3.63, 3.8) is 0 Å². The predicted molar refractivity (Wildman–Crippen MR) is 74.3 cm³/mol. The predicted octanol–water partition coefficient (Wildman–Crippen LogP) is 0.560. The second-order valence-electron chi connectivity index (χ2n) is 4.35. The van der Waals surface area contributed by atoms with Gasteiger partial charge in [-0.1, -0.05) is 12.2 Å². The van der Waals surface area contributed by atoms with Crippen molar-refractivity contribution in [1.29, 1.82) is 0 Å². The Labute approximate surface area is 111 Å². The van der Waals surface area contributed by atoms with Crippen LogP contribution in [-0.2, 0) is 4.79 Å². The summed E-state index contributed by atoms with van der Waals surface area (Å²) in [7, 11) is 0. The minimum Gasteiger partial charge on any atom is -0.389 e. The van der Waals surface area contributed by atoms with Crippen molar-refractivity contribution in [2.75, 3.05) is 11.4 Å². The van der Waals surface area contributed by atoms with Crippen molar-refractivity contribution < 1.29 is 4.79 Å². The Balaban J connectivity index is 2.39. The average Bonchev–Trinajstić information content (AvgIpc) is 2.38. The molecule has 1 amide bonds.